The molecule has 0 atom stereocenters. The van der Waals surface area contributed by atoms with Crippen LogP contribution in [-0.4, -0.2) is 12.6 Å². The number of para-hydroxylation sites is 1. The van der Waals surface area contributed by atoms with E-state index in [2.05, 4.69) is 5.32 Å². The zero-order valence-corrected chi connectivity index (χ0v) is 10.1. The number of rotatable bonds is 5. The van der Waals surface area contributed by atoms with Crippen LogP contribution in [0.15, 0.2) is 33.9 Å². The Morgan fingerprint density at radius 1 is 1.26 bits per heavy atom. The fraction of sp³-hybridized carbons (Fsp3) is 0.154. The Hall–Kier alpha value is -2.63. The van der Waals surface area contributed by atoms with Gasteiger partial charge < -0.3 is 20.0 Å². The van der Waals surface area contributed by atoms with Gasteiger partial charge in [-0.15, -0.1) is 0 Å². The van der Waals surface area contributed by atoms with Gasteiger partial charge in [-0.2, -0.15) is 0 Å². The van der Waals surface area contributed by atoms with Gasteiger partial charge in [0.2, 0.25) is 0 Å². The summed E-state index contributed by atoms with van der Waals surface area (Å²) in [6.45, 7) is 1.91. The Bertz CT molecular complexity index is 697. The molecule has 0 fully saturated rings. The highest BCUT2D eigenvalue weighted by atomic mass is 16.5. The maximum Gasteiger partial charge on any atom is 0.272 e. The number of carbonyl (C=O) groups excluding carboxylic acids is 1. The summed E-state index contributed by atoms with van der Waals surface area (Å²) in [5.41, 5.74) is -1.39. The van der Waals surface area contributed by atoms with Gasteiger partial charge in [-0.25, -0.2) is 0 Å². The maximum atomic E-state index is 11.4. The number of aromatic carboxylic acids is 1. The normalized spacial score (nSPS) is 10.4. The van der Waals surface area contributed by atoms with E-state index in [0.717, 1.165) is 0 Å². The highest BCUT2D eigenvalue weighted by molar-refractivity contribution is 5.94. The summed E-state index contributed by atoms with van der Waals surface area (Å²) in [5, 5.41) is 13.5. The summed E-state index contributed by atoms with van der Waals surface area (Å²) in [6.07, 6.45) is 0. The smallest absolute Gasteiger partial charge is 0.272 e. The van der Waals surface area contributed by atoms with Crippen molar-refractivity contribution >= 4 is 17.3 Å². The molecule has 1 N–H and O–H groups in total. The first-order chi connectivity index (χ1) is 9.06. The maximum absolute atomic E-state index is 11.4. The van der Waals surface area contributed by atoms with Crippen LogP contribution in [-0.2, 0) is 0 Å². The second kappa shape index (κ2) is 4.93. The van der Waals surface area contributed by atoms with E-state index in [0.29, 0.717) is 0 Å². The van der Waals surface area contributed by atoms with Crippen molar-refractivity contribution in [2.24, 2.45) is 0 Å². The summed E-state index contributed by atoms with van der Waals surface area (Å²) >= 11 is 0. The van der Waals surface area contributed by atoms with Crippen LogP contribution in [0.3, 0.4) is 0 Å². The molecule has 0 aromatic heterocycles. The number of carbonyl (C=O) groups is 1. The van der Waals surface area contributed by atoms with E-state index in [1.807, 2.05) is 0 Å². The van der Waals surface area contributed by atoms with Crippen molar-refractivity contribution in [2.75, 3.05) is 11.9 Å². The quantitative estimate of drug-likeness (QED) is 0.747. The van der Waals surface area contributed by atoms with E-state index in [1.54, 1.807) is 13.0 Å². The minimum atomic E-state index is -1.38. The largest absolute Gasteiger partial charge is 0.545 e. The average Bonchev–Trinajstić information content (AvgIpc) is 2.42. The third-order valence-electron chi connectivity index (χ3n) is 2.56. The van der Waals surface area contributed by atoms with Gasteiger partial charge in [0.15, 0.2) is 5.75 Å². The molecule has 6 heteroatoms. The van der Waals surface area contributed by atoms with Crippen molar-refractivity contribution < 1.29 is 14.6 Å². The number of hydrogen-bond acceptors (Lipinski definition) is 6. The molecule has 19 heavy (non-hydrogen) atoms. The number of anilines is 2. The van der Waals surface area contributed by atoms with Crippen LogP contribution in [0.4, 0.5) is 11.4 Å². The molecule has 2 aromatic rings. The SMILES string of the molecule is CCOc1c(Nc2ccccc2C(=O)[O-])c(=O)c1=O. The zero-order chi connectivity index (χ0) is 14.0. The highest BCUT2D eigenvalue weighted by Crippen LogP contribution is 2.24. The van der Waals surface area contributed by atoms with Crippen molar-refractivity contribution in [1.82, 2.24) is 0 Å². The molecule has 2 rings (SSSR count). The molecular weight excluding hydrogens is 250 g/mol. The summed E-state index contributed by atoms with van der Waals surface area (Å²) in [4.78, 5) is 33.6. The number of benzene rings is 1. The third-order valence-corrected chi connectivity index (χ3v) is 2.56. The summed E-state index contributed by atoms with van der Waals surface area (Å²) < 4.78 is 5.03. The predicted molar refractivity (Wildman–Crippen MR) is 66.6 cm³/mol. The summed E-state index contributed by atoms with van der Waals surface area (Å²) in [6, 6.07) is 5.93. The van der Waals surface area contributed by atoms with Gasteiger partial charge in [0.1, 0.15) is 5.69 Å². The van der Waals surface area contributed by atoms with E-state index in [4.69, 9.17) is 4.74 Å². The van der Waals surface area contributed by atoms with Crippen LogP contribution in [0.2, 0.25) is 0 Å². The van der Waals surface area contributed by atoms with Crippen molar-refractivity contribution in [2.45, 2.75) is 6.92 Å². The summed E-state index contributed by atoms with van der Waals surface area (Å²) in [5.74, 6) is -1.44. The molecule has 0 bridgehead atoms. The Kier molecular flexibility index (Phi) is 3.33. The van der Waals surface area contributed by atoms with Crippen molar-refractivity contribution in [3.05, 3.63) is 50.3 Å². The van der Waals surface area contributed by atoms with Gasteiger partial charge in [-0.05, 0) is 13.0 Å². The Balaban J connectivity index is 2.38. The first-order valence-electron chi connectivity index (χ1n) is 5.59. The van der Waals surface area contributed by atoms with Gasteiger partial charge in [0, 0.05) is 11.3 Å². The molecule has 6 nitrogen and oxygen atoms in total. The lowest BCUT2D eigenvalue weighted by Gasteiger charge is -2.16. The Morgan fingerprint density at radius 3 is 2.58 bits per heavy atom. The molecule has 0 aliphatic rings. The third kappa shape index (κ3) is 2.20. The zero-order valence-electron chi connectivity index (χ0n) is 10.1. The lowest BCUT2D eigenvalue weighted by atomic mass is 10.1. The molecule has 0 aliphatic heterocycles. The number of hydrogen-bond donors (Lipinski definition) is 1. The molecule has 0 aliphatic carbocycles. The van der Waals surface area contributed by atoms with Crippen LogP contribution in [0.25, 0.3) is 0 Å². The van der Waals surface area contributed by atoms with Crippen molar-refractivity contribution in [3.8, 4) is 5.75 Å². The molecule has 0 heterocycles. The first kappa shape index (κ1) is 12.8. The lowest BCUT2D eigenvalue weighted by molar-refractivity contribution is -0.254. The monoisotopic (exact) mass is 260 g/mol. The molecule has 0 radical (unpaired) electrons. The second-order valence-electron chi connectivity index (χ2n) is 3.75. The van der Waals surface area contributed by atoms with E-state index >= 15 is 0 Å². The second-order valence-corrected chi connectivity index (χ2v) is 3.75. The molecule has 0 saturated heterocycles. The van der Waals surface area contributed by atoms with Gasteiger partial charge in [-0.3, -0.25) is 9.59 Å². The lowest BCUT2D eigenvalue weighted by Crippen LogP contribution is -2.35. The van der Waals surface area contributed by atoms with Gasteiger partial charge in [0.05, 0.1) is 12.6 Å². The molecule has 0 amide bonds. The van der Waals surface area contributed by atoms with E-state index in [9.17, 15) is 19.5 Å². The molecule has 2 aromatic carbocycles. The van der Waals surface area contributed by atoms with Crippen LogP contribution < -0.4 is 26.0 Å². The van der Waals surface area contributed by atoms with Crippen LogP contribution >= 0.6 is 0 Å². The fourth-order valence-corrected chi connectivity index (χ4v) is 1.67. The van der Waals surface area contributed by atoms with E-state index < -0.39 is 16.8 Å². The minimum absolute atomic E-state index is 0.0273. The Labute approximate surface area is 108 Å². The fourth-order valence-electron chi connectivity index (χ4n) is 1.67. The molecule has 0 spiro atoms. The van der Waals surface area contributed by atoms with Crippen molar-refractivity contribution in [3.63, 3.8) is 0 Å². The average molecular weight is 260 g/mol. The molecular formula is C13H10NO5-. The summed E-state index contributed by atoms with van der Waals surface area (Å²) in [7, 11) is 0. The Morgan fingerprint density at radius 2 is 1.95 bits per heavy atom. The van der Waals surface area contributed by atoms with Gasteiger partial charge in [0.25, 0.3) is 10.9 Å². The molecule has 0 saturated carbocycles. The van der Waals surface area contributed by atoms with Crippen molar-refractivity contribution in [1.29, 1.82) is 0 Å². The predicted octanol–water partition coefficient (Wildman–Crippen LogP) is -0.212. The van der Waals surface area contributed by atoms with Crippen LogP contribution in [0, 0.1) is 0 Å². The molecule has 98 valence electrons. The number of nitrogens with one attached hydrogen (secondary N) is 1. The van der Waals surface area contributed by atoms with E-state index in [-0.39, 0.29) is 29.3 Å². The van der Waals surface area contributed by atoms with Gasteiger partial charge >= 0.3 is 0 Å². The first-order valence-corrected chi connectivity index (χ1v) is 5.59. The standard InChI is InChI=1S/C13H11NO5/c1-2-19-12-9(10(15)11(12)16)14-8-6-4-3-5-7(8)13(17)18/h3-6,14H,2H2,1H3,(H,17,18)/p-1. The molecule has 0 unspecified atom stereocenters. The van der Waals surface area contributed by atoms with Crippen LogP contribution in [0.5, 0.6) is 5.75 Å². The topological polar surface area (TPSA) is 95.5 Å². The number of carboxylic acid groups (broad SMARTS) is 1. The minimum Gasteiger partial charge on any atom is -0.545 e. The van der Waals surface area contributed by atoms with Crippen LogP contribution in [0.1, 0.15) is 17.3 Å². The highest BCUT2D eigenvalue weighted by Gasteiger charge is 2.22. The number of carboxylic acids is 1. The number of ether oxygens (including phenoxy) is 1. The van der Waals surface area contributed by atoms with Gasteiger partial charge in [-0.1, -0.05) is 18.2 Å². The van der Waals surface area contributed by atoms with E-state index in [1.165, 1.54) is 18.2 Å².